The quantitative estimate of drug-likeness (QED) is 0.421. The Kier molecular flexibility index (Phi) is 6.82. The molecule has 9 heteroatoms. The Bertz CT molecular complexity index is 1360. The summed E-state index contributed by atoms with van der Waals surface area (Å²) < 4.78 is 1.82. The summed E-state index contributed by atoms with van der Waals surface area (Å²) in [6.45, 7) is 4.47. The van der Waals surface area contributed by atoms with Crippen molar-refractivity contribution in [3.63, 3.8) is 0 Å². The van der Waals surface area contributed by atoms with Crippen LogP contribution in [0.25, 0.3) is 10.9 Å². The average Bonchev–Trinajstić information content (AvgIpc) is 3.35. The highest BCUT2D eigenvalue weighted by atomic mass is 16.2. The summed E-state index contributed by atoms with van der Waals surface area (Å²) in [5.74, 6) is 0.0342. The maximum absolute atomic E-state index is 13.3. The summed E-state index contributed by atoms with van der Waals surface area (Å²) in [7, 11) is 0. The fourth-order valence-electron chi connectivity index (χ4n) is 3.63. The summed E-state index contributed by atoms with van der Waals surface area (Å²) in [5, 5.41) is 3.35. The van der Waals surface area contributed by atoms with Crippen LogP contribution in [0.4, 0.5) is 5.69 Å². The van der Waals surface area contributed by atoms with E-state index in [2.05, 4.69) is 20.3 Å². The van der Waals surface area contributed by atoms with Gasteiger partial charge < -0.3 is 19.8 Å². The second kappa shape index (κ2) is 10.1. The summed E-state index contributed by atoms with van der Waals surface area (Å²) in [5.41, 5.74) is 1.32. The third-order valence-corrected chi connectivity index (χ3v) is 5.42. The molecule has 0 aliphatic rings. The Balaban J connectivity index is 1.48. The number of aromatic nitrogens is 4. The van der Waals surface area contributed by atoms with E-state index >= 15 is 0 Å². The fourth-order valence-corrected chi connectivity index (χ4v) is 3.63. The molecule has 0 aliphatic carbocycles. The zero-order valence-corrected chi connectivity index (χ0v) is 19.1. The zero-order valence-electron chi connectivity index (χ0n) is 19.1. The van der Waals surface area contributed by atoms with Crippen LogP contribution < -0.4 is 10.9 Å². The van der Waals surface area contributed by atoms with Gasteiger partial charge in [0.05, 0.1) is 23.8 Å². The second-order valence-electron chi connectivity index (χ2n) is 8.24. The molecule has 0 fully saturated rings. The number of benzene rings is 2. The van der Waals surface area contributed by atoms with Crippen LogP contribution in [0.2, 0.25) is 0 Å². The number of para-hydroxylation sites is 1. The van der Waals surface area contributed by atoms with Gasteiger partial charge in [-0.25, -0.2) is 9.97 Å². The number of aryl methyl sites for hydroxylation is 1. The maximum atomic E-state index is 13.3. The lowest BCUT2D eigenvalue weighted by molar-refractivity contribution is -0.116. The first-order chi connectivity index (χ1) is 16.4. The van der Waals surface area contributed by atoms with Crippen molar-refractivity contribution in [2.45, 2.75) is 39.4 Å². The van der Waals surface area contributed by atoms with Crippen molar-refractivity contribution in [3.05, 3.63) is 89.0 Å². The normalized spacial score (nSPS) is 11.0. The van der Waals surface area contributed by atoms with Crippen LogP contribution in [-0.2, 0) is 17.9 Å². The number of hydrogen-bond acceptors (Lipinski definition) is 5. The van der Waals surface area contributed by atoms with E-state index in [0.717, 1.165) is 0 Å². The van der Waals surface area contributed by atoms with Crippen LogP contribution >= 0.6 is 0 Å². The molecular weight excluding hydrogens is 432 g/mol. The van der Waals surface area contributed by atoms with E-state index in [9.17, 15) is 14.4 Å². The van der Waals surface area contributed by atoms with Crippen LogP contribution in [-0.4, -0.2) is 42.3 Å². The maximum Gasteiger partial charge on any atom is 0.258 e. The number of imidazole rings is 1. The molecule has 9 nitrogen and oxygen atoms in total. The van der Waals surface area contributed by atoms with Crippen molar-refractivity contribution in [2.24, 2.45) is 0 Å². The van der Waals surface area contributed by atoms with Crippen molar-refractivity contribution in [1.82, 2.24) is 24.4 Å². The van der Waals surface area contributed by atoms with Crippen molar-refractivity contribution >= 4 is 28.4 Å². The third kappa shape index (κ3) is 5.37. The van der Waals surface area contributed by atoms with E-state index in [-0.39, 0.29) is 36.4 Å². The van der Waals surface area contributed by atoms with E-state index in [1.54, 1.807) is 66.1 Å². The Morgan fingerprint density at radius 1 is 1.15 bits per heavy atom. The van der Waals surface area contributed by atoms with E-state index in [1.807, 2.05) is 24.5 Å². The molecule has 2 aromatic heterocycles. The molecule has 34 heavy (non-hydrogen) atoms. The van der Waals surface area contributed by atoms with E-state index in [4.69, 9.17) is 0 Å². The summed E-state index contributed by atoms with van der Waals surface area (Å²) >= 11 is 0. The van der Waals surface area contributed by atoms with Gasteiger partial charge in [-0.1, -0.05) is 18.2 Å². The average molecular weight is 459 g/mol. The highest BCUT2D eigenvalue weighted by Gasteiger charge is 2.21. The van der Waals surface area contributed by atoms with Crippen LogP contribution in [0.3, 0.4) is 0 Å². The summed E-state index contributed by atoms with van der Waals surface area (Å²) in [4.78, 5) is 51.0. The van der Waals surface area contributed by atoms with Gasteiger partial charge >= 0.3 is 0 Å². The number of aromatic amines is 1. The van der Waals surface area contributed by atoms with Crippen molar-refractivity contribution < 1.29 is 9.59 Å². The Morgan fingerprint density at radius 3 is 2.74 bits per heavy atom. The number of nitrogens with zero attached hydrogens (tertiary/aromatic N) is 4. The second-order valence-corrected chi connectivity index (χ2v) is 8.24. The van der Waals surface area contributed by atoms with Gasteiger partial charge in [0.15, 0.2) is 0 Å². The number of nitrogens with one attached hydrogen (secondary N) is 2. The van der Waals surface area contributed by atoms with Gasteiger partial charge in [0.2, 0.25) is 5.91 Å². The van der Waals surface area contributed by atoms with Crippen LogP contribution in [0.1, 0.15) is 36.5 Å². The number of H-pyrrole nitrogens is 1. The lowest BCUT2D eigenvalue weighted by Crippen LogP contribution is -2.37. The predicted molar refractivity (Wildman–Crippen MR) is 129 cm³/mol. The van der Waals surface area contributed by atoms with Gasteiger partial charge in [-0.15, -0.1) is 0 Å². The molecule has 2 heterocycles. The van der Waals surface area contributed by atoms with Gasteiger partial charge in [-0.3, -0.25) is 14.4 Å². The highest BCUT2D eigenvalue weighted by molar-refractivity contribution is 5.97. The third-order valence-electron chi connectivity index (χ3n) is 5.42. The number of fused-ring (bicyclic) bond motifs is 1. The molecule has 0 spiro atoms. The van der Waals surface area contributed by atoms with Gasteiger partial charge in [-0.2, -0.15) is 0 Å². The number of rotatable bonds is 8. The predicted octanol–water partition coefficient (Wildman–Crippen LogP) is 3.20. The van der Waals surface area contributed by atoms with E-state index in [0.29, 0.717) is 34.5 Å². The zero-order chi connectivity index (χ0) is 24.1. The molecular formula is C25H26N6O3. The minimum absolute atomic E-state index is 0.141. The molecule has 0 bridgehead atoms. The molecule has 4 rings (SSSR count). The Hall–Kier alpha value is -4.27. The first kappa shape index (κ1) is 22.9. The standard InChI is InChI=1S/C25H26N6O3/c1-17(2)31(15-22-28-21-9-4-3-8-20(21)24(33)29-22)25(34)18-6-5-7-19(14-18)27-23(32)10-12-30-13-11-26-16-30/h3-9,11,13-14,16-17H,10,12,15H2,1-2H3,(H,27,32)(H,28,29,33). The topological polar surface area (TPSA) is 113 Å². The van der Waals surface area contributed by atoms with E-state index in [1.165, 1.54) is 0 Å². The number of carbonyl (C=O) groups is 2. The van der Waals surface area contributed by atoms with Crippen LogP contribution in [0.15, 0.2) is 72.0 Å². The Morgan fingerprint density at radius 2 is 1.97 bits per heavy atom. The minimum atomic E-state index is -0.239. The molecule has 0 saturated carbocycles. The smallest absolute Gasteiger partial charge is 0.258 e. The molecule has 4 aromatic rings. The lowest BCUT2D eigenvalue weighted by atomic mass is 10.1. The summed E-state index contributed by atoms with van der Waals surface area (Å²) in [6.07, 6.45) is 5.40. The molecule has 0 unspecified atom stereocenters. The van der Waals surface area contributed by atoms with Crippen LogP contribution in [0, 0.1) is 0 Å². The number of anilines is 1. The van der Waals surface area contributed by atoms with E-state index < -0.39 is 0 Å². The van der Waals surface area contributed by atoms with Crippen molar-refractivity contribution in [1.29, 1.82) is 0 Å². The molecule has 0 aliphatic heterocycles. The van der Waals surface area contributed by atoms with Gasteiger partial charge in [0.1, 0.15) is 5.82 Å². The number of amides is 2. The van der Waals surface area contributed by atoms with Crippen molar-refractivity contribution in [3.8, 4) is 0 Å². The molecule has 0 atom stereocenters. The monoisotopic (exact) mass is 458 g/mol. The minimum Gasteiger partial charge on any atom is -0.337 e. The van der Waals surface area contributed by atoms with Crippen molar-refractivity contribution in [2.75, 3.05) is 5.32 Å². The SMILES string of the molecule is CC(C)N(Cc1nc2ccccc2c(=O)[nH]1)C(=O)c1cccc(NC(=O)CCn2ccnc2)c1. The molecule has 2 N–H and O–H groups in total. The molecule has 2 aromatic carbocycles. The summed E-state index contributed by atoms with van der Waals surface area (Å²) in [6, 6.07) is 13.8. The first-order valence-electron chi connectivity index (χ1n) is 11.1. The first-order valence-corrected chi connectivity index (χ1v) is 11.1. The van der Waals surface area contributed by atoms with Gasteiger partial charge in [-0.05, 0) is 44.2 Å². The molecule has 174 valence electrons. The highest BCUT2D eigenvalue weighted by Crippen LogP contribution is 2.17. The largest absolute Gasteiger partial charge is 0.337 e. The van der Waals surface area contributed by atoms with Gasteiger partial charge in [0.25, 0.3) is 11.5 Å². The Labute approximate surface area is 196 Å². The molecule has 0 radical (unpaired) electrons. The molecule has 0 saturated heterocycles. The lowest BCUT2D eigenvalue weighted by Gasteiger charge is -2.26. The fraction of sp³-hybridized carbons (Fsp3) is 0.240. The molecule has 2 amide bonds. The number of carbonyl (C=O) groups excluding carboxylic acids is 2. The number of hydrogen-bond donors (Lipinski definition) is 2. The van der Waals surface area contributed by atoms with Crippen LogP contribution in [0.5, 0.6) is 0 Å². The van der Waals surface area contributed by atoms with Gasteiger partial charge in [0, 0.05) is 42.7 Å².